The number of ether oxygens (including phenoxy) is 1. The van der Waals surface area contributed by atoms with Crippen molar-refractivity contribution in [1.29, 1.82) is 5.26 Å². The molecule has 0 aromatic rings. The highest BCUT2D eigenvalue weighted by atomic mass is 16.5. The molecule has 4 heteroatoms. The predicted molar refractivity (Wildman–Crippen MR) is 66.6 cm³/mol. The monoisotopic (exact) mass is 237 g/mol. The summed E-state index contributed by atoms with van der Waals surface area (Å²) in [7, 11) is 0. The van der Waals surface area contributed by atoms with E-state index < -0.39 is 0 Å². The van der Waals surface area contributed by atoms with Crippen molar-refractivity contribution in [3.05, 3.63) is 0 Å². The number of hydrogen-bond donors (Lipinski definition) is 1. The molecule has 0 radical (unpaired) electrons. The van der Waals surface area contributed by atoms with Crippen LogP contribution in [0.5, 0.6) is 0 Å². The van der Waals surface area contributed by atoms with E-state index in [9.17, 15) is 0 Å². The van der Waals surface area contributed by atoms with Gasteiger partial charge in [0.05, 0.1) is 12.2 Å². The molecule has 17 heavy (non-hydrogen) atoms. The number of hydrogen-bond acceptors (Lipinski definition) is 4. The number of nitrogens with zero attached hydrogens (tertiary/aromatic N) is 2. The minimum Gasteiger partial charge on any atom is -0.377 e. The molecule has 2 rings (SSSR count). The zero-order chi connectivity index (χ0) is 12.1. The minimum absolute atomic E-state index is 0.0156. The Hall–Kier alpha value is -0.630. The van der Waals surface area contributed by atoms with Gasteiger partial charge in [-0.05, 0) is 25.7 Å². The highest BCUT2D eigenvalue weighted by Crippen LogP contribution is 2.19. The van der Waals surface area contributed by atoms with Crippen molar-refractivity contribution in [3.8, 4) is 6.07 Å². The normalized spacial score (nSPS) is 28.4. The zero-order valence-electron chi connectivity index (χ0n) is 10.7. The Morgan fingerprint density at radius 2 is 2.35 bits per heavy atom. The SMILES string of the molecule is CCC1CN(CC(C#N)NC2CC2)CCCO1. The van der Waals surface area contributed by atoms with Crippen LogP contribution in [0, 0.1) is 11.3 Å². The Labute approximate surface area is 104 Å². The Kier molecular flexibility index (Phi) is 4.78. The molecule has 2 atom stereocenters. The van der Waals surface area contributed by atoms with E-state index in [0.29, 0.717) is 12.1 Å². The highest BCUT2D eigenvalue weighted by molar-refractivity contribution is 4.97. The van der Waals surface area contributed by atoms with Crippen molar-refractivity contribution < 1.29 is 4.74 Å². The molecule has 1 aliphatic carbocycles. The van der Waals surface area contributed by atoms with Gasteiger partial charge in [0.25, 0.3) is 0 Å². The van der Waals surface area contributed by atoms with Crippen LogP contribution in [0.15, 0.2) is 0 Å². The first kappa shape index (κ1) is 12.8. The van der Waals surface area contributed by atoms with Gasteiger partial charge in [-0.3, -0.25) is 10.2 Å². The molecule has 0 aromatic carbocycles. The average Bonchev–Trinajstić information content (AvgIpc) is 3.15. The molecule has 2 unspecified atom stereocenters. The maximum atomic E-state index is 9.16. The first-order valence-electron chi connectivity index (χ1n) is 6.81. The van der Waals surface area contributed by atoms with Gasteiger partial charge in [0, 0.05) is 32.3 Å². The van der Waals surface area contributed by atoms with Crippen LogP contribution < -0.4 is 5.32 Å². The lowest BCUT2D eigenvalue weighted by Crippen LogP contribution is -2.43. The van der Waals surface area contributed by atoms with Gasteiger partial charge < -0.3 is 4.74 Å². The molecule has 1 saturated carbocycles. The third-order valence-electron chi connectivity index (χ3n) is 3.50. The van der Waals surface area contributed by atoms with E-state index in [2.05, 4.69) is 23.2 Å². The van der Waals surface area contributed by atoms with Crippen LogP contribution in [0.4, 0.5) is 0 Å². The molecule has 0 spiro atoms. The van der Waals surface area contributed by atoms with Crippen LogP contribution in [0.25, 0.3) is 0 Å². The van der Waals surface area contributed by atoms with Crippen LogP contribution in [-0.4, -0.2) is 49.3 Å². The van der Waals surface area contributed by atoms with Crippen LogP contribution >= 0.6 is 0 Å². The predicted octanol–water partition coefficient (Wildman–Crippen LogP) is 1.13. The summed E-state index contributed by atoms with van der Waals surface area (Å²) in [5, 5.41) is 12.6. The standard InChI is InChI=1S/C13H23N3O/c1-2-13-10-16(6-3-7-17-13)9-12(8-14)15-11-4-5-11/h11-13,15H,2-7,9-10H2,1H3. The van der Waals surface area contributed by atoms with Gasteiger partial charge in [-0.15, -0.1) is 0 Å². The molecule has 0 amide bonds. The van der Waals surface area contributed by atoms with E-state index in [0.717, 1.165) is 39.1 Å². The molecular weight excluding hydrogens is 214 g/mol. The van der Waals surface area contributed by atoms with Crippen molar-refractivity contribution in [2.75, 3.05) is 26.2 Å². The van der Waals surface area contributed by atoms with Gasteiger partial charge in [0.1, 0.15) is 6.04 Å². The van der Waals surface area contributed by atoms with Gasteiger partial charge in [-0.2, -0.15) is 5.26 Å². The summed E-state index contributed by atoms with van der Waals surface area (Å²) in [5.41, 5.74) is 0. The third-order valence-corrected chi connectivity index (χ3v) is 3.50. The number of nitriles is 1. The highest BCUT2D eigenvalue weighted by Gasteiger charge is 2.26. The van der Waals surface area contributed by atoms with Crippen molar-refractivity contribution >= 4 is 0 Å². The summed E-state index contributed by atoms with van der Waals surface area (Å²) >= 11 is 0. The smallest absolute Gasteiger partial charge is 0.108 e. The second kappa shape index (κ2) is 6.34. The van der Waals surface area contributed by atoms with E-state index in [1.54, 1.807) is 0 Å². The van der Waals surface area contributed by atoms with Crippen LogP contribution in [0.1, 0.15) is 32.6 Å². The average molecular weight is 237 g/mol. The topological polar surface area (TPSA) is 48.3 Å². The second-order valence-corrected chi connectivity index (χ2v) is 5.14. The molecular formula is C13H23N3O. The van der Waals surface area contributed by atoms with E-state index in [1.165, 1.54) is 12.8 Å². The summed E-state index contributed by atoms with van der Waals surface area (Å²) in [4.78, 5) is 2.38. The minimum atomic E-state index is -0.0156. The molecule has 1 heterocycles. The largest absolute Gasteiger partial charge is 0.377 e. The summed E-state index contributed by atoms with van der Waals surface area (Å²) in [6.07, 6.45) is 4.96. The molecule has 2 fully saturated rings. The van der Waals surface area contributed by atoms with Gasteiger partial charge in [0.15, 0.2) is 0 Å². The molecule has 4 nitrogen and oxygen atoms in total. The lowest BCUT2D eigenvalue weighted by Gasteiger charge is -2.25. The number of rotatable bonds is 5. The first-order valence-corrected chi connectivity index (χ1v) is 6.81. The lowest BCUT2D eigenvalue weighted by molar-refractivity contribution is 0.0514. The van der Waals surface area contributed by atoms with Crippen LogP contribution in [-0.2, 0) is 4.74 Å². The van der Waals surface area contributed by atoms with Gasteiger partial charge >= 0.3 is 0 Å². The summed E-state index contributed by atoms with van der Waals surface area (Å²) in [6.45, 7) is 5.90. The molecule has 0 aromatic heterocycles. The summed E-state index contributed by atoms with van der Waals surface area (Å²) < 4.78 is 5.75. The molecule has 0 bridgehead atoms. The Bertz CT molecular complexity index is 272. The fraction of sp³-hybridized carbons (Fsp3) is 0.923. The molecule has 1 aliphatic heterocycles. The Balaban J connectivity index is 1.80. The molecule has 2 aliphatic rings. The fourth-order valence-electron chi connectivity index (χ4n) is 2.31. The third kappa shape index (κ3) is 4.27. The first-order chi connectivity index (χ1) is 8.31. The van der Waals surface area contributed by atoms with Crippen molar-refractivity contribution in [2.24, 2.45) is 0 Å². The Morgan fingerprint density at radius 3 is 3.00 bits per heavy atom. The second-order valence-electron chi connectivity index (χ2n) is 5.14. The van der Waals surface area contributed by atoms with Crippen molar-refractivity contribution in [3.63, 3.8) is 0 Å². The summed E-state index contributed by atoms with van der Waals surface area (Å²) in [6, 6.07) is 2.97. The van der Waals surface area contributed by atoms with E-state index in [1.807, 2.05) is 0 Å². The van der Waals surface area contributed by atoms with Gasteiger partial charge in [-0.1, -0.05) is 6.92 Å². The van der Waals surface area contributed by atoms with Crippen molar-refractivity contribution in [1.82, 2.24) is 10.2 Å². The van der Waals surface area contributed by atoms with Crippen molar-refractivity contribution in [2.45, 2.75) is 50.8 Å². The van der Waals surface area contributed by atoms with Gasteiger partial charge in [-0.25, -0.2) is 0 Å². The van der Waals surface area contributed by atoms with Crippen LogP contribution in [0.3, 0.4) is 0 Å². The Morgan fingerprint density at radius 1 is 1.53 bits per heavy atom. The van der Waals surface area contributed by atoms with E-state index in [-0.39, 0.29) is 6.04 Å². The van der Waals surface area contributed by atoms with E-state index in [4.69, 9.17) is 10.00 Å². The maximum absolute atomic E-state index is 9.16. The number of nitrogens with one attached hydrogen (secondary N) is 1. The van der Waals surface area contributed by atoms with Gasteiger partial charge in [0.2, 0.25) is 0 Å². The zero-order valence-corrected chi connectivity index (χ0v) is 10.7. The molecule has 1 N–H and O–H groups in total. The molecule has 1 saturated heterocycles. The lowest BCUT2D eigenvalue weighted by atomic mass is 10.2. The fourth-order valence-corrected chi connectivity index (χ4v) is 2.31. The van der Waals surface area contributed by atoms with Crippen LogP contribution in [0.2, 0.25) is 0 Å². The molecule has 96 valence electrons. The quantitative estimate of drug-likeness (QED) is 0.779. The maximum Gasteiger partial charge on any atom is 0.108 e. The summed E-state index contributed by atoms with van der Waals surface area (Å²) in [5.74, 6) is 0. The van der Waals surface area contributed by atoms with E-state index >= 15 is 0 Å².